The Hall–Kier alpha value is -2.18. The lowest BCUT2D eigenvalue weighted by atomic mass is 10.0. The lowest BCUT2D eigenvalue weighted by Crippen LogP contribution is -2.55. The molecule has 0 aliphatic rings. The van der Waals surface area contributed by atoms with Crippen LogP contribution in [-0.2, 0) is 51.4 Å². The Kier molecular flexibility index (Phi) is 36.2. The van der Waals surface area contributed by atoms with Crippen molar-refractivity contribution >= 4 is 103 Å². The summed E-state index contributed by atoms with van der Waals surface area (Å²) < 4.78 is 1.85. The molecule has 0 bridgehead atoms. The Morgan fingerprint density at radius 1 is 0.222 bits per heavy atom. The molecule has 0 aromatic carbocycles. The smallest absolute Gasteiger partial charge is 0.107 e. The van der Waals surface area contributed by atoms with Crippen molar-refractivity contribution in [2.24, 2.45) is 0 Å². The Labute approximate surface area is 641 Å². The fourth-order valence-corrected chi connectivity index (χ4v) is 36.1. The highest BCUT2D eigenvalue weighted by Gasteiger charge is 2.47. The molecule has 0 spiro atoms. The first-order valence-corrected chi connectivity index (χ1v) is 50.0. The number of rotatable bonds is 51. The number of aryl methyl sites for hydroxylation is 9. The van der Waals surface area contributed by atoms with Crippen molar-refractivity contribution in [3.8, 4) is 68.3 Å². The van der Waals surface area contributed by atoms with Gasteiger partial charge in [0.2, 0.25) is 0 Å². The molecule has 8 aromatic rings. The van der Waals surface area contributed by atoms with Crippen molar-refractivity contribution in [2.45, 2.75) is 377 Å². The molecule has 0 unspecified atom stereocenters. The zero-order valence-corrected chi connectivity index (χ0v) is 72.9. The molecule has 8 rings (SSSR count). The van der Waals surface area contributed by atoms with Gasteiger partial charge < -0.3 is 0 Å². The molecular weight excluding hydrogens is 1370 g/mol. The minimum Gasteiger partial charge on any atom is -0.144 e. The van der Waals surface area contributed by atoms with Crippen LogP contribution in [0.2, 0.25) is 16.6 Å². The summed E-state index contributed by atoms with van der Waals surface area (Å²) in [6.45, 7) is 36.9. The van der Waals surface area contributed by atoms with E-state index in [1.54, 1.807) is 88.4 Å². The number of thiophene rings is 8. The summed E-state index contributed by atoms with van der Waals surface area (Å²) in [6.07, 6.45) is 51.2. The molecule has 9 heteroatoms. The number of unbranched alkanes of at least 4 members (excludes halogenated alkanes) is 24. The molecule has 0 saturated heterocycles. The van der Waals surface area contributed by atoms with E-state index in [1.165, 1.54) is 286 Å². The van der Waals surface area contributed by atoms with Crippen LogP contribution in [0.4, 0.5) is 0 Å². The third-order valence-electron chi connectivity index (χ3n) is 21.8. The monoisotopic (exact) mass is 1500 g/mol. The van der Waals surface area contributed by atoms with E-state index in [4.69, 9.17) is 0 Å². The van der Waals surface area contributed by atoms with E-state index in [0.29, 0.717) is 16.6 Å². The average Bonchev–Trinajstić information content (AvgIpc) is 1.41. The van der Waals surface area contributed by atoms with Crippen LogP contribution in [-0.4, -0.2) is 8.07 Å². The van der Waals surface area contributed by atoms with Crippen LogP contribution in [0.15, 0.2) is 48.5 Å². The fraction of sp³-hybridized carbons (Fsp3) is 0.644. The van der Waals surface area contributed by atoms with E-state index in [9.17, 15) is 0 Å². The average molecular weight is 1500 g/mol. The molecule has 8 aromatic heterocycles. The summed E-state index contributed by atoms with van der Waals surface area (Å²) in [4.78, 5) is 23.3. The van der Waals surface area contributed by atoms with Gasteiger partial charge in [-0.15, -0.1) is 90.7 Å². The summed E-state index contributed by atoms with van der Waals surface area (Å²) >= 11 is 17.3. The van der Waals surface area contributed by atoms with Crippen LogP contribution in [0.25, 0.3) is 68.3 Å². The highest BCUT2D eigenvalue weighted by Crippen LogP contribution is 2.55. The second-order valence-electron chi connectivity index (χ2n) is 30.8. The first-order chi connectivity index (χ1) is 48.2. The minimum absolute atomic E-state index is 0.704. The van der Waals surface area contributed by atoms with Crippen molar-refractivity contribution in [3.05, 3.63) is 97.9 Å². The number of hydrogen-bond acceptors (Lipinski definition) is 8. The first-order valence-electron chi connectivity index (χ1n) is 41.2. The SMILES string of the molecule is CCCCCCc1cc(C)sc1-c1cc(CCCCCC)c(-c2cc(CCCCCC)c(-c3cc(CCCCCC)c(-c4cc(CCCCCC)c(-c5cc(CCCCCC)c(-c6cc(CCCCCC)c(-c7cc(CCCCCC)c([Si](C(C)C)(C(C)C)C(C)C)s7)s6)s5)s4)s3)s2)s1. The molecule has 0 saturated carbocycles. The second-order valence-corrected chi connectivity index (χ2v) is 45.7. The summed E-state index contributed by atoms with van der Waals surface area (Å²) in [7, 11) is -1.90. The molecule has 548 valence electrons. The highest BCUT2D eigenvalue weighted by molar-refractivity contribution is 7.34. The van der Waals surface area contributed by atoms with E-state index in [0.717, 1.165) is 0 Å². The molecule has 0 fully saturated rings. The van der Waals surface area contributed by atoms with Gasteiger partial charge in [-0.05, 0) is 224 Å². The molecule has 0 nitrogen and oxygen atoms in total. The topological polar surface area (TPSA) is 0 Å². The van der Waals surface area contributed by atoms with Gasteiger partial charge in [-0.3, -0.25) is 0 Å². The minimum atomic E-state index is -1.90. The quantitative estimate of drug-likeness (QED) is 0.0263. The largest absolute Gasteiger partial charge is 0.144 e. The van der Waals surface area contributed by atoms with Crippen molar-refractivity contribution in [2.75, 3.05) is 0 Å². The van der Waals surface area contributed by atoms with Gasteiger partial charge in [0, 0.05) is 73.2 Å². The Morgan fingerprint density at radius 3 is 0.616 bits per heavy atom. The van der Waals surface area contributed by atoms with Crippen LogP contribution in [0.5, 0.6) is 0 Å². The normalized spacial score (nSPS) is 12.3. The van der Waals surface area contributed by atoms with Gasteiger partial charge in [-0.2, -0.15) is 0 Å². The molecule has 0 aliphatic heterocycles. The van der Waals surface area contributed by atoms with Gasteiger partial charge in [-0.25, -0.2) is 0 Å². The molecule has 0 aliphatic carbocycles. The van der Waals surface area contributed by atoms with E-state index >= 15 is 0 Å². The van der Waals surface area contributed by atoms with Crippen LogP contribution in [0.1, 0.15) is 352 Å². The Morgan fingerprint density at radius 2 is 0.404 bits per heavy atom. The van der Waals surface area contributed by atoms with Gasteiger partial charge in [0.05, 0.1) is 0 Å². The lowest BCUT2D eigenvalue weighted by molar-refractivity contribution is 0.667. The summed E-state index contributed by atoms with van der Waals surface area (Å²) in [5, 5.41) is 0. The van der Waals surface area contributed by atoms with Crippen molar-refractivity contribution < 1.29 is 0 Å². The summed E-state index contributed by atoms with van der Waals surface area (Å²) in [6, 6.07) is 21.6. The molecule has 0 atom stereocenters. The maximum absolute atomic E-state index is 2.78. The third-order valence-corrected chi connectivity index (χ3v) is 40.4. The molecule has 99 heavy (non-hydrogen) atoms. The second kappa shape index (κ2) is 43.4. The summed E-state index contributed by atoms with van der Waals surface area (Å²) in [5.41, 5.74) is 15.1. The number of hydrogen-bond donors (Lipinski definition) is 0. The van der Waals surface area contributed by atoms with Crippen molar-refractivity contribution in [1.82, 2.24) is 0 Å². The zero-order valence-electron chi connectivity index (χ0n) is 65.4. The lowest BCUT2D eigenvalue weighted by Gasteiger charge is -2.43. The maximum Gasteiger partial charge on any atom is 0.107 e. The van der Waals surface area contributed by atoms with E-state index in [1.807, 2.05) is 4.50 Å². The van der Waals surface area contributed by atoms with Crippen LogP contribution in [0.3, 0.4) is 0 Å². The fourth-order valence-electron chi connectivity index (χ4n) is 16.4. The van der Waals surface area contributed by atoms with Gasteiger partial charge >= 0.3 is 0 Å². The molecule has 0 N–H and O–H groups in total. The molecule has 0 radical (unpaired) electrons. The van der Waals surface area contributed by atoms with E-state index in [-0.39, 0.29) is 0 Å². The molecular formula is C90H136S8Si. The third kappa shape index (κ3) is 22.5. The van der Waals surface area contributed by atoms with E-state index < -0.39 is 8.07 Å². The predicted octanol–water partition coefficient (Wildman–Crippen LogP) is 34.0. The zero-order chi connectivity index (χ0) is 70.7. The van der Waals surface area contributed by atoms with Gasteiger partial charge in [0.1, 0.15) is 8.07 Å². The first kappa shape index (κ1) is 82.5. The van der Waals surface area contributed by atoms with Gasteiger partial charge in [0.25, 0.3) is 0 Å². The maximum atomic E-state index is 2.78. The van der Waals surface area contributed by atoms with Crippen molar-refractivity contribution in [3.63, 3.8) is 0 Å². The van der Waals surface area contributed by atoms with E-state index in [2.05, 4.69) is 243 Å². The molecule has 8 heterocycles. The highest BCUT2D eigenvalue weighted by atomic mass is 32.1. The van der Waals surface area contributed by atoms with Gasteiger partial charge in [0.15, 0.2) is 0 Å². The Bertz CT molecular complexity index is 3540. The van der Waals surface area contributed by atoms with Gasteiger partial charge in [-0.1, -0.05) is 251 Å². The van der Waals surface area contributed by atoms with Crippen LogP contribution < -0.4 is 4.50 Å². The van der Waals surface area contributed by atoms with Crippen LogP contribution >= 0.6 is 90.7 Å². The summed E-state index contributed by atoms with van der Waals surface area (Å²) in [5.74, 6) is 0. The standard InChI is InChI=1S/C90H136S8Si/c1-16-24-32-40-48-68-56-67(15)91-83(68)76-57-69(49-41-33-25-17-2)84(92-76)77-58-70(50-42-34-26-18-3)85(93-77)78-59-71(51-43-35-27-19-4)86(94-78)79-60-72(52-44-36-28-20-5)87(95-79)80-61-73(53-45-37-29-21-6)88(96-80)81-62-74(54-46-38-30-22-7)89(97-81)82-63-75(55-47-39-31-23-8)90(98-82)99(64(9)10,65(11)12)66(13)14/h56-66H,16-55H2,1-15H3. The van der Waals surface area contributed by atoms with Crippen LogP contribution in [0, 0.1) is 6.92 Å². The van der Waals surface area contributed by atoms with Crippen molar-refractivity contribution in [1.29, 1.82) is 0 Å². The molecule has 0 amide bonds. The predicted molar refractivity (Wildman–Crippen MR) is 466 cm³/mol. The Balaban J connectivity index is 1.27.